The first-order valence-corrected chi connectivity index (χ1v) is 19.4. The molecule has 4 rings (SSSR count). The molecule has 7 N–H and O–H groups in total. The summed E-state index contributed by atoms with van der Waals surface area (Å²) < 4.78 is 20.2. The number of hydrogen-bond acceptors (Lipinski definition) is 9. The van der Waals surface area contributed by atoms with Crippen LogP contribution in [-0.4, -0.2) is 76.0 Å². The van der Waals surface area contributed by atoms with Gasteiger partial charge >= 0.3 is 0 Å². The molecule has 0 radical (unpaired) electrons. The highest BCUT2D eigenvalue weighted by Gasteiger charge is 2.44. The van der Waals surface area contributed by atoms with Crippen LogP contribution in [-0.2, 0) is 25.6 Å². The van der Waals surface area contributed by atoms with Gasteiger partial charge in [0.05, 0.1) is 28.2 Å². The van der Waals surface area contributed by atoms with E-state index in [0.29, 0.717) is 43.4 Å². The number of carbonyl (C=O) groups is 4. The van der Waals surface area contributed by atoms with Gasteiger partial charge < -0.3 is 36.8 Å². The minimum atomic E-state index is -0.925. The number of aliphatic hydroxyl groups is 1. The predicted octanol–water partition coefficient (Wildman–Crippen LogP) is 5.12. The van der Waals surface area contributed by atoms with Crippen LogP contribution in [0.15, 0.2) is 48.0 Å². The number of aryl methyl sites for hydroxylation is 2. The highest BCUT2D eigenvalue weighted by Crippen LogP contribution is 2.30. The van der Waals surface area contributed by atoms with Crippen molar-refractivity contribution < 1.29 is 33.4 Å². The molecule has 0 spiro atoms. The fourth-order valence-corrected chi connectivity index (χ4v) is 7.28. The van der Waals surface area contributed by atoms with Crippen molar-refractivity contribution in [2.24, 2.45) is 16.9 Å². The van der Waals surface area contributed by atoms with E-state index in [1.54, 1.807) is 17.4 Å². The van der Waals surface area contributed by atoms with Gasteiger partial charge in [-0.15, -0.1) is 23.7 Å². The van der Waals surface area contributed by atoms with E-state index in [-0.39, 0.29) is 74.5 Å². The molecule has 1 aromatic heterocycles. The van der Waals surface area contributed by atoms with E-state index < -0.39 is 35.4 Å². The Hall–Kier alpha value is -4.11. The van der Waals surface area contributed by atoms with Gasteiger partial charge in [-0.05, 0) is 79.8 Å². The highest BCUT2D eigenvalue weighted by molar-refractivity contribution is 7.13. The summed E-state index contributed by atoms with van der Waals surface area (Å²) in [6.45, 7) is 9.53. The Morgan fingerprint density at radius 2 is 1.78 bits per heavy atom. The van der Waals surface area contributed by atoms with E-state index in [1.165, 1.54) is 17.0 Å². The molecule has 1 saturated heterocycles. The summed E-state index contributed by atoms with van der Waals surface area (Å²) in [7, 11) is 0. The summed E-state index contributed by atoms with van der Waals surface area (Å²) in [6, 6.07) is 9.87. The minimum Gasteiger partial charge on any atom is -0.492 e. The van der Waals surface area contributed by atoms with Crippen LogP contribution in [0.25, 0.3) is 10.4 Å². The molecular weight excluding hydrogens is 747 g/mol. The average molecular weight is 803 g/mol. The lowest BCUT2D eigenvalue weighted by Crippen LogP contribution is -2.57. The predicted molar refractivity (Wildman–Crippen MR) is 214 cm³/mol. The van der Waals surface area contributed by atoms with E-state index in [2.05, 4.69) is 15.6 Å². The van der Waals surface area contributed by atoms with Crippen LogP contribution in [0, 0.1) is 18.2 Å². The first kappa shape index (κ1) is 45.3. The number of unbranched alkanes of at least 4 members (excludes halogenated alkanes) is 2. The number of ether oxygens (including phenoxy) is 1. The van der Waals surface area contributed by atoms with Gasteiger partial charge in [-0.1, -0.05) is 51.5 Å². The van der Waals surface area contributed by atoms with Crippen molar-refractivity contribution >= 4 is 47.4 Å². The molecule has 1 aliphatic rings. The second-order valence-corrected chi connectivity index (χ2v) is 16.1. The number of aromatic nitrogens is 1. The number of nitrogens with two attached hydrogens (primary N) is 2. The summed E-state index contributed by atoms with van der Waals surface area (Å²) in [5, 5.41) is 16.5. The monoisotopic (exact) mass is 802 g/mol. The van der Waals surface area contributed by atoms with Gasteiger partial charge in [0, 0.05) is 31.8 Å². The van der Waals surface area contributed by atoms with Crippen LogP contribution >= 0.6 is 23.7 Å². The molecule has 0 bridgehead atoms. The zero-order valence-corrected chi connectivity index (χ0v) is 33.9. The van der Waals surface area contributed by atoms with E-state index in [1.807, 2.05) is 64.4 Å². The van der Waals surface area contributed by atoms with E-state index in [0.717, 1.165) is 21.7 Å². The zero-order chi connectivity index (χ0) is 39.6. The summed E-state index contributed by atoms with van der Waals surface area (Å²) in [5.74, 6) is -1.40. The standard InChI is InChI=1S/C40H55FN6O6S.ClH/c1-24(26-11-13-27(14-12-26)36-25(2)44-23-54-36)45-38(51)33-20-30(48)21-47(33)39(52)37(40(3,4)5)46-35(50)10-8-6-7-9-28-19-31(16-17-32(28)41)53-22-29(42)15-18-34(43)49;/h11-14,16-17,19,23-24,29-30,33,37,48H,6-10,15,18,20-22,42H2,1-5H3,(H2,43,49)(H,45,51)(H,46,50);1H/t24-,29-,30+,33-,37+;/m0./s1. The molecule has 55 heavy (non-hydrogen) atoms. The van der Waals surface area contributed by atoms with Crippen molar-refractivity contribution in [2.45, 2.75) is 116 Å². The molecule has 2 heterocycles. The van der Waals surface area contributed by atoms with Gasteiger partial charge in [0.15, 0.2) is 0 Å². The van der Waals surface area contributed by atoms with Crippen LogP contribution in [0.5, 0.6) is 5.75 Å². The lowest BCUT2D eigenvalue weighted by Gasteiger charge is -2.35. The molecule has 3 aromatic rings. The molecule has 2 aromatic carbocycles. The number of nitrogens with one attached hydrogen (secondary N) is 2. The van der Waals surface area contributed by atoms with Gasteiger partial charge in [-0.3, -0.25) is 19.2 Å². The number of halogens is 2. The Morgan fingerprint density at radius 1 is 1.07 bits per heavy atom. The molecule has 0 aliphatic carbocycles. The zero-order valence-electron chi connectivity index (χ0n) is 32.3. The van der Waals surface area contributed by atoms with Crippen molar-refractivity contribution in [1.82, 2.24) is 20.5 Å². The van der Waals surface area contributed by atoms with Crippen molar-refractivity contribution in [3.63, 3.8) is 0 Å². The van der Waals surface area contributed by atoms with E-state index >= 15 is 0 Å². The third-order valence-electron chi connectivity index (χ3n) is 9.65. The fraction of sp³-hybridized carbons (Fsp3) is 0.525. The molecule has 0 unspecified atom stereocenters. The maximum absolute atomic E-state index is 14.5. The Morgan fingerprint density at radius 3 is 2.42 bits per heavy atom. The van der Waals surface area contributed by atoms with Crippen LogP contribution in [0.4, 0.5) is 4.39 Å². The quantitative estimate of drug-likeness (QED) is 0.110. The minimum absolute atomic E-state index is 0. The van der Waals surface area contributed by atoms with E-state index in [9.17, 15) is 28.7 Å². The number of aliphatic hydroxyl groups excluding tert-OH is 1. The Bertz CT molecular complexity index is 1750. The third-order valence-corrected chi connectivity index (χ3v) is 10.6. The van der Waals surface area contributed by atoms with Gasteiger partial charge in [-0.2, -0.15) is 0 Å². The normalized spacial score (nSPS) is 17.1. The third kappa shape index (κ3) is 13.3. The van der Waals surface area contributed by atoms with E-state index in [4.69, 9.17) is 16.2 Å². The van der Waals surface area contributed by atoms with Crippen LogP contribution < -0.4 is 26.8 Å². The Kier molecular flexibility index (Phi) is 17.0. The fourth-order valence-electron chi connectivity index (χ4n) is 6.47. The number of rotatable bonds is 18. The number of hydrogen-bond donors (Lipinski definition) is 5. The summed E-state index contributed by atoms with van der Waals surface area (Å²) >= 11 is 1.57. The number of benzene rings is 2. The van der Waals surface area contributed by atoms with Gasteiger partial charge in [0.2, 0.25) is 23.6 Å². The number of β-amino-alcohol motifs (C(OH)–C–C–N with tert-alkyl or cyclic N) is 1. The summed E-state index contributed by atoms with van der Waals surface area (Å²) in [4.78, 5) is 58.5. The van der Waals surface area contributed by atoms with Gasteiger partial charge in [0.1, 0.15) is 30.3 Å². The van der Waals surface area contributed by atoms with Crippen LogP contribution in [0.1, 0.15) is 95.5 Å². The first-order chi connectivity index (χ1) is 25.5. The smallest absolute Gasteiger partial charge is 0.246 e. The number of carbonyl (C=O) groups excluding carboxylic acids is 4. The van der Waals surface area contributed by atoms with Crippen LogP contribution in [0.2, 0.25) is 0 Å². The lowest BCUT2D eigenvalue weighted by molar-refractivity contribution is -0.144. The second-order valence-electron chi connectivity index (χ2n) is 15.3. The highest BCUT2D eigenvalue weighted by atomic mass is 35.5. The largest absolute Gasteiger partial charge is 0.492 e. The molecule has 1 fully saturated rings. The Labute approximate surface area is 333 Å². The average Bonchev–Trinajstić information content (AvgIpc) is 3.74. The van der Waals surface area contributed by atoms with Gasteiger partial charge in [0.25, 0.3) is 0 Å². The topological polar surface area (TPSA) is 190 Å². The van der Waals surface area contributed by atoms with Crippen LogP contribution in [0.3, 0.4) is 0 Å². The number of nitrogens with zero attached hydrogens (tertiary/aromatic N) is 2. The number of primary amides is 1. The first-order valence-electron chi connectivity index (χ1n) is 18.6. The van der Waals surface area contributed by atoms with Gasteiger partial charge in [-0.25, -0.2) is 9.37 Å². The number of likely N-dealkylation sites (tertiary alicyclic amines) is 1. The molecule has 5 atom stereocenters. The lowest BCUT2D eigenvalue weighted by atomic mass is 9.85. The molecular formula is C40H56ClFN6O6S. The molecule has 15 heteroatoms. The van der Waals surface area contributed by atoms with Crippen molar-refractivity contribution in [2.75, 3.05) is 13.2 Å². The molecule has 1 aliphatic heterocycles. The molecule has 12 nitrogen and oxygen atoms in total. The molecule has 302 valence electrons. The maximum atomic E-state index is 14.5. The van der Waals surface area contributed by atoms with Crippen molar-refractivity contribution in [3.8, 4) is 16.2 Å². The Balaban J connectivity index is 0.00000812. The number of thiazole rings is 1. The summed E-state index contributed by atoms with van der Waals surface area (Å²) in [5.41, 5.74) is 15.7. The molecule has 4 amide bonds. The molecule has 0 saturated carbocycles. The SMILES string of the molecule is Cc1ncsc1-c1ccc([C@H](C)NC(=O)[C@@H]2C[C@@H](O)CN2C(=O)[C@@H](NC(=O)CCCCCc2cc(OC[C@@H](N)CCC(N)=O)ccc2F)C(C)(C)C)cc1.Cl. The number of amides is 4. The summed E-state index contributed by atoms with van der Waals surface area (Å²) in [6.07, 6.45) is 2.20. The second kappa shape index (κ2) is 20.7. The van der Waals surface area contributed by atoms with Crippen molar-refractivity contribution in [1.29, 1.82) is 0 Å². The maximum Gasteiger partial charge on any atom is 0.246 e. The van der Waals surface area contributed by atoms with Crippen molar-refractivity contribution in [3.05, 3.63) is 70.6 Å².